The molecule has 0 spiro atoms. The zero-order valence-corrected chi connectivity index (χ0v) is 15.0. The summed E-state index contributed by atoms with van der Waals surface area (Å²) in [6.45, 7) is 7.21. The molecule has 1 aliphatic carbocycles. The van der Waals surface area contributed by atoms with E-state index in [2.05, 4.69) is 42.0 Å². The van der Waals surface area contributed by atoms with Crippen LogP contribution in [0.5, 0.6) is 0 Å². The van der Waals surface area contributed by atoms with Crippen LogP contribution in [0, 0.1) is 5.92 Å². The fourth-order valence-electron chi connectivity index (χ4n) is 3.04. The van der Waals surface area contributed by atoms with Crippen molar-refractivity contribution < 1.29 is 4.74 Å². The molecule has 0 radical (unpaired) electrons. The van der Waals surface area contributed by atoms with Crippen molar-refractivity contribution in [2.24, 2.45) is 5.92 Å². The lowest BCUT2D eigenvalue weighted by Crippen LogP contribution is -2.17. The van der Waals surface area contributed by atoms with Gasteiger partial charge in [0.25, 0.3) is 0 Å². The lowest BCUT2D eigenvalue weighted by Gasteiger charge is -2.22. The predicted molar refractivity (Wildman–Crippen MR) is 89.7 cm³/mol. The van der Waals surface area contributed by atoms with Crippen molar-refractivity contribution in [3.8, 4) is 0 Å². The number of hydrogen-bond donors (Lipinski definition) is 1. The molecule has 21 heavy (non-hydrogen) atoms. The van der Waals surface area contributed by atoms with Crippen molar-refractivity contribution in [1.82, 2.24) is 9.97 Å². The van der Waals surface area contributed by atoms with Gasteiger partial charge in [0.1, 0.15) is 11.9 Å². The molecule has 1 atom stereocenters. The number of ether oxygens (including phenoxy) is 1. The van der Waals surface area contributed by atoms with Crippen molar-refractivity contribution in [3.63, 3.8) is 0 Å². The second-order valence-corrected chi connectivity index (χ2v) is 6.83. The van der Waals surface area contributed by atoms with Crippen LogP contribution in [0.25, 0.3) is 0 Å². The van der Waals surface area contributed by atoms with Gasteiger partial charge in [-0.3, -0.25) is 0 Å². The van der Waals surface area contributed by atoms with Gasteiger partial charge in [0.05, 0.1) is 10.2 Å². The maximum absolute atomic E-state index is 5.62. The molecule has 1 aliphatic rings. The van der Waals surface area contributed by atoms with Gasteiger partial charge >= 0.3 is 0 Å². The first kappa shape index (κ1) is 16.7. The number of nitrogens with one attached hydrogen (secondary N) is 1. The van der Waals surface area contributed by atoms with E-state index in [0.29, 0.717) is 11.8 Å². The van der Waals surface area contributed by atoms with Gasteiger partial charge < -0.3 is 10.1 Å². The normalized spacial score (nSPS) is 17.4. The quantitative estimate of drug-likeness (QED) is 0.805. The highest BCUT2D eigenvalue weighted by atomic mass is 79.9. The number of methoxy groups -OCH3 is 1. The van der Waals surface area contributed by atoms with Crippen molar-refractivity contribution in [1.29, 1.82) is 0 Å². The van der Waals surface area contributed by atoms with Crippen LogP contribution >= 0.6 is 15.9 Å². The molecule has 0 saturated heterocycles. The van der Waals surface area contributed by atoms with E-state index in [9.17, 15) is 0 Å². The van der Waals surface area contributed by atoms with Crippen LogP contribution in [-0.4, -0.2) is 23.6 Å². The summed E-state index contributed by atoms with van der Waals surface area (Å²) in [7, 11) is 1.73. The minimum atomic E-state index is -0.0596. The standard InChI is InChI=1S/C16H26BrN3O/c1-5-18-15-12(17)13(11-8-6-7-9-11)19-16(20-15)14(21-4)10(2)3/h10-11,14H,5-9H2,1-4H3,(H,18,19,20). The molecule has 1 fully saturated rings. The molecular formula is C16H26BrN3O. The highest BCUT2D eigenvalue weighted by Crippen LogP contribution is 2.39. The molecule has 4 nitrogen and oxygen atoms in total. The number of anilines is 1. The number of hydrogen-bond acceptors (Lipinski definition) is 4. The zero-order valence-electron chi connectivity index (χ0n) is 13.4. The van der Waals surface area contributed by atoms with Gasteiger partial charge in [-0.2, -0.15) is 0 Å². The van der Waals surface area contributed by atoms with E-state index >= 15 is 0 Å². The minimum absolute atomic E-state index is 0.0596. The summed E-state index contributed by atoms with van der Waals surface area (Å²) in [6.07, 6.45) is 4.98. The predicted octanol–water partition coefficient (Wildman–Crippen LogP) is 4.67. The Morgan fingerprint density at radius 1 is 1.29 bits per heavy atom. The highest BCUT2D eigenvalue weighted by Gasteiger charge is 2.27. The second-order valence-electron chi connectivity index (χ2n) is 6.04. The molecule has 2 rings (SSSR count). The van der Waals surface area contributed by atoms with Crippen molar-refractivity contribution in [3.05, 3.63) is 16.0 Å². The van der Waals surface area contributed by atoms with Gasteiger partial charge in [0, 0.05) is 19.6 Å². The molecule has 118 valence electrons. The van der Waals surface area contributed by atoms with Crippen LogP contribution in [0.1, 0.15) is 70.0 Å². The third kappa shape index (κ3) is 3.75. The molecule has 1 aromatic rings. The highest BCUT2D eigenvalue weighted by molar-refractivity contribution is 9.10. The molecular weight excluding hydrogens is 330 g/mol. The first-order chi connectivity index (χ1) is 10.1. The Balaban J connectivity index is 2.45. The van der Waals surface area contributed by atoms with E-state index in [-0.39, 0.29) is 6.10 Å². The summed E-state index contributed by atoms with van der Waals surface area (Å²) in [5.41, 5.74) is 1.15. The van der Waals surface area contributed by atoms with Gasteiger partial charge in [-0.25, -0.2) is 9.97 Å². The molecule has 1 N–H and O–H groups in total. The van der Waals surface area contributed by atoms with E-state index in [1.54, 1.807) is 7.11 Å². The van der Waals surface area contributed by atoms with Crippen LogP contribution in [0.2, 0.25) is 0 Å². The average Bonchev–Trinajstić information content (AvgIpc) is 2.96. The summed E-state index contributed by atoms with van der Waals surface area (Å²) in [4.78, 5) is 9.56. The van der Waals surface area contributed by atoms with E-state index in [0.717, 1.165) is 28.4 Å². The fourth-order valence-corrected chi connectivity index (χ4v) is 3.68. The Labute approximate surface area is 136 Å². The lowest BCUT2D eigenvalue weighted by atomic mass is 10.0. The molecule has 1 saturated carbocycles. The van der Waals surface area contributed by atoms with Crippen LogP contribution in [0.4, 0.5) is 5.82 Å². The first-order valence-electron chi connectivity index (χ1n) is 7.92. The maximum Gasteiger partial charge on any atom is 0.160 e. The zero-order chi connectivity index (χ0) is 15.4. The van der Waals surface area contributed by atoms with Gasteiger partial charge in [0.2, 0.25) is 0 Å². The summed E-state index contributed by atoms with van der Waals surface area (Å²) in [5.74, 6) is 2.59. The molecule has 0 bridgehead atoms. The molecule has 5 heteroatoms. The number of rotatable bonds is 6. The topological polar surface area (TPSA) is 47.0 Å². The Kier molecular flexibility index (Phi) is 5.99. The monoisotopic (exact) mass is 355 g/mol. The summed E-state index contributed by atoms with van der Waals surface area (Å²) in [5, 5.41) is 3.34. The molecule has 1 heterocycles. The second kappa shape index (κ2) is 7.54. The van der Waals surface area contributed by atoms with E-state index in [1.807, 2.05) is 0 Å². The van der Waals surface area contributed by atoms with Crippen LogP contribution in [0.3, 0.4) is 0 Å². The van der Waals surface area contributed by atoms with E-state index in [1.165, 1.54) is 25.7 Å². The van der Waals surface area contributed by atoms with Crippen LogP contribution in [-0.2, 0) is 4.74 Å². The number of aromatic nitrogens is 2. The van der Waals surface area contributed by atoms with Crippen molar-refractivity contribution >= 4 is 21.7 Å². The van der Waals surface area contributed by atoms with Crippen molar-refractivity contribution in [2.45, 2.75) is 58.5 Å². The fraction of sp³-hybridized carbons (Fsp3) is 0.750. The molecule has 1 unspecified atom stereocenters. The summed E-state index contributed by atoms with van der Waals surface area (Å²) < 4.78 is 6.65. The summed E-state index contributed by atoms with van der Waals surface area (Å²) in [6, 6.07) is 0. The number of nitrogens with zero attached hydrogens (tertiary/aromatic N) is 2. The van der Waals surface area contributed by atoms with Gasteiger partial charge in [-0.1, -0.05) is 26.7 Å². The number of halogens is 1. The van der Waals surface area contributed by atoms with Crippen LogP contribution in [0.15, 0.2) is 4.47 Å². The SMILES string of the molecule is CCNc1nc(C(OC)C(C)C)nc(C2CCCC2)c1Br. The Bertz CT molecular complexity index is 473. The largest absolute Gasteiger partial charge is 0.373 e. The summed E-state index contributed by atoms with van der Waals surface area (Å²) >= 11 is 3.71. The Morgan fingerprint density at radius 2 is 1.95 bits per heavy atom. The minimum Gasteiger partial charge on any atom is -0.373 e. The third-order valence-electron chi connectivity index (χ3n) is 4.09. The first-order valence-corrected chi connectivity index (χ1v) is 8.71. The van der Waals surface area contributed by atoms with Gasteiger partial charge in [0.15, 0.2) is 5.82 Å². The molecule has 0 aromatic carbocycles. The Hall–Kier alpha value is -0.680. The lowest BCUT2D eigenvalue weighted by molar-refractivity contribution is 0.0573. The smallest absolute Gasteiger partial charge is 0.160 e. The van der Waals surface area contributed by atoms with Crippen molar-refractivity contribution in [2.75, 3.05) is 19.0 Å². The molecule has 0 amide bonds. The molecule has 1 aromatic heterocycles. The van der Waals surface area contributed by atoms with Crippen LogP contribution < -0.4 is 5.32 Å². The van der Waals surface area contributed by atoms with Gasteiger partial charge in [-0.15, -0.1) is 0 Å². The van der Waals surface area contributed by atoms with E-state index < -0.39 is 0 Å². The maximum atomic E-state index is 5.62. The molecule has 0 aliphatic heterocycles. The van der Waals surface area contributed by atoms with E-state index in [4.69, 9.17) is 14.7 Å². The average molecular weight is 356 g/mol. The van der Waals surface area contributed by atoms with Gasteiger partial charge in [-0.05, 0) is 41.6 Å². The Morgan fingerprint density at radius 3 is 2.48 bits per heavy atom. The third-order valence-corrected chi connectivity index (χ3v) is 4.88.